The summed E-state index contributed by atoms with van der Waals surface area (Å²) in [6, 6.07) is 14.3. The van der Waals surface area contributed by atoms with Crippen molar-refractivity contribution in [1.82, 2.24) is 24.3 Å². The summed E-state index contributed by atoms with van der Waals surface area (Å²) in [5.74, 6) is 0.550. The third-order valence-electron chi connectivity index (χ3n) is 9.32. The maximum absolute atomic E-state index is 13.4. The normalized spacial score (nSPS) is 19.3. The number of likely N-dealkylation sites (tertiary alicyclic amines) is 1. The number of benzene rings is 2. The Morgan fingerprint density at radius 3 is 2.67 bits per heavy atom. The fourth-order valence-electron chi connectivity index (χ4n) is 7.02. The molecule has 0 saturated carbocycles. The molecule has 14 heteroatoms. The molecule has 0 bridgehead atoms. The Bertz CT molecular complexity index is 1750. The zero-order chi connectivity index (χ0) is 33.8. The van der Waals surface area contributed by atoms with E-state index >= 15 is 0 Å². The number of hydrogen-bond donors (Lipinski definition) is 1. The minimum Gasteiger partial charge on any atom is -0.370 e. The van der Waals surface area contributed by atoms with Gasteiger partial charge >= 0.3 is 6.03 Å². The first-order valence-corrected chi connectivity index (χ1v) is 17.7. The summed E-state index contributed by atoms with van der Waals surface area (Å²) < 4.78 is 17.3. The highest BCUT2D eigenvalue weighted by atomic mass is 35.5. The third-order valence-corrected chi connectivity index (χ3v) is 11.0. The van der Waals surface area contributed by atoms with E-state index in [0.717, 1.165) is 86.4 Å². The number of halogens is 1. The van der Waals surface area contributed by atoms with Gasteiger partial charge in [0.2, 0.25) is 0 Å². The van der Waals surface area contributed by atoms with E-state index in [1.165, 1.54) is 16.7 Å². The molecule has 4 heterocycles. The molecule has 3 aromatic rings. The van der Waals surface area contributed by atoms with Gasteiger partial charge in [-0.2, -0.15) is 5.10 Å². The monoisotopic (exact) mass is 691 g/mol. The molecular weight excluding hydrogens is 650 g/mol. The molecule has 1 aromatic heterocycles. The van der Waals surface area contributed by atoms with Gasteiger partial charge in [0.05, 0.1) is 21.5 Å². The van der Waals surface area contributed by atoms with Gasteiger partial charge in [0, 0.05) is 102 Å². The highest BCUT2D eigenvalue weighted by Crippen LogP contribution is 2.43. The van der Waals surface area contributed by atoms with E-state index in [1.807, 2.05) is 29.6 Å². The number of aryl methyl sites for hydroxylation is 1. The summed E-state index contributed by atoms with van der Waals surface area (Å²) in [5, 5.41) is 8.61. The molecule has 3 saturated heterocycles. The first-order chi connectivity index (χ1) is 23.2. The van der Waals surface area contributed by atoms with Crippen molar-refractivity contribution >= 4 is 70.2 Å². The van der Waals surface area contributed by atoms with E-state index < -0.39 is 11.0 Å². The fraction of sp³-hybridized carbons (Fsp3) is 0.441. The SMILES string of the molecule is C=N/C=C(/Cl)C=NC1CCN(S(=O)c2cccc(CN3CC4(C3)CN(c3ccc5c(N(CCC=O)C(=O)NC)nn(C)c5c3)C4)c2)CC1. The number of allylic oxidation sites excluding steroid dienone is 1. The number of carbonyl (C=O) groups excluding carboxylic acids is 2. The number of urea groups is 1. The zero-order valence-electron chi connectivity index (χ0n) is 27.4. The molecule has 254 valence electrons. The molecule has 12 nitrogen and oxygen atoms in total. The molecule has 3 aliphatic heterocycles. The second-order valence-electron chi connectivity index (χ2n) is 12.8. The molecule has 1 atom stereocenters. The lowest BCUT2D eigenvalue weighted by atomic mass is 9.72. The van der Waals surface area contributed by atoms with Gasteiger partial charge in [0.1, 0.15) is 17.3 Å². The van der Waals surface area contributed by atoms with Gasteiger partial charge in [-0.3, -0.25) is 24.5 Å². The molecule has 1 N–H and O–H groups in total. The number of hydrogen-bond acceptors (Lipinski definition) is 8. The molecular formula is C34H42ClN9O3S. The van der Waals surface area contributed by atoms with E-state index in [9.17, 15) is 13.8 Å². The van der Waals surface area contributed by atoms with Crippen molar-refractivity contribution < 1.29 is 13.8 Å². The Morgan fingerprint density at radius 2 is 1.96 bits per heavy atom. The third kappa shape index (κ3) is 7.24. The van der Waals surface area contributed by atoms with Gasteiger partial charge in [-0.1, -0.05) is 23.7 Å². The standard InChI is InChI=1S/C34H42ClN9O3S/c1-36-18-26(35)19-38-27-10-13-43(14-11-27)48(47)29-7-4-6-25(16-29)20-41-21-34(22-41)23-42(24-34)28-8-9-30-31(17-28)40(3)39-32(30)44(12-5-15-45)33(46)37-2/h4,6-9,15-19,27H,1,5,10-14,20-24H2,2-3H3,(H,37,46)/b26-18+,38-19?. The first-order valence-electron chi connectivity index (χ1n) is 16.2. The Morgan fingerprint density at radius 1 is 1.19 bits per heavy atom. The van der Waals surface area contributed by atoms with Gasteiger partial charge in [-0.05, 0) is 55.5 Å². The van der Waals surface area contributed by atoms with E-state index in [0.29, 0.717) is 10.9 Å². The lowest BCUT2D eigenvalue weighted by molar-refractivity contribution is -0.107. The van der Waals surface area contributed by atoms with Crippen LogP contribution in [0.5, 0.6) is 0 Å². The van der Waals surface area contributed by atoms with E-state index in [4.69, 9.17) is 11.6 Å². The van der Waals surface area contributed by atoms with Crippen LogP contribution in [0.15, 0.2) is 68.6 Å². The van der Waals surface area contributed by atoms with Crippen molar-refractivity contribution in [1.29, 1.82) is 0 Å². The summed E-state index contributed by atoms with van der Waals surface area (Å²) >= 11 is 6.03. The lowest BCUT2D eigenvalue weighted by Gasteiger charge is -2.61. The largest absolute Gasteiger partial charge is 0.370 e. The van der Waals surface area contributed by atoms with Crippen LogP contribution in [-0.4, -0.2) is 107 Å². The second kappa shape index (κ2) is 14.7. The number of nitrogens with one attached hydrogen (secondary N) is 1. The predicted octanol–water partition coefficient (Wildman–Crippen LogP) is 3.97. The molecule has 0 radical (unpaired) electrons. The fourth-order valence-corrected chi connectivity index (χ4v) is 8.43. The molecule has 0 aliphatic carbocycles. The maximum atomic E-state index is 13.4. The summed E-state index contributed by atoms with van der Waals surface area (Å²) in [5.41, 5.74) is 3.54. The summed E-state index contributed by atoms with van der Waals surface area (Å²) in [6.45, 7) is 9.98. The Kier molecular flexibility index (Phi) is 10.4. The number of amides is 2. The van der Waals surface area contributed by atoms with Gasteiger partial charge < -0.3 is 15.0 Å². The average molecular weight is 692 g/mol. The van der Waals surface area contributed by atoms with Gasteiger partial charge in [0.25, 0.3) is 0 Å². The van der Waals surface area contributed by atoms with E-state index in [2.05, 4.69) is 61.2 Å². The van der Waals surface area contributed by atoms with Crippen molar-refractivity contribution in [3.63, 3.8) is 0 Å². The van der Waals surface area contributed by atoms with Gasteiger partial charge in [-0.15, -0.1) is 0 Å². The average Bonchev–Trinajstić information content (AvgIpc) is 3.39. The molecule has 3 fully saturated rings. The van der Waals surface area contributed by atoms with Crippen LogP contribution in [0, 0.1) is 5.41 Å². The highest BCUT2D eigenvalue weighted by Gasteiger charge is 2.51. The van der Waals surface area contributed by atoms with Crippen LogP contribution in [0.25, 0.3) is 10.9 Å². The van der Waals surface area contributed by atoms with E-state index in [1.54, 1.807) is 17.9 Å². The predicted molar refractivity (Wildman–Crippen MR) is 193 cm³/mol. The number of nitrogens with zero attached hydrogens (tertiary/aromatic N) is 8. The second-order valence-corrected chi connectivity index (χ2v) is 14.8. The molecule has 6 rings (SSSR count). The van der Waals surface area contributed by atoms with E-state index in [-0.39, 0.29) is 30.5 Å². The van der Waals surface area contributed by atoms with Crippen LogP contribution < -0.4 is 15.1 Å². The number of rotatable bonds is 12. The van der Waals surface area contributed by atoms with Crippen LogP contribution in [0.4, 0.5) is 16.3 Å². The first kappa shape index (κ1) is 34.0. The van der Waals surface area contributed by atoms with Crippen molar-refractivity contribution in [2.75, 3.05) is 62.7 Å². The number of piperidine rings is 1. The highest BCUT2D eigenvalue weighted by molar-refractivity contribution is 7.82. The van der Waals surface area contributed by atoms with Crippen LogP contribution in [-0.2, 0) is 29.4 Å². The quantitative estimate of drug-likeness (QED) is 0.227. The van der Waals surface area contributed by atoms with Gasteiger partial charge in [0.15, 0.2) is 5.82 Å². The number of fused-ring (bicyclic) bond motifs is 1. The summed E-state index contributed by atoms with van der Waals surface area (Å²) in [6.07, 6.45) is 5.80. The van der Waals surface area contributed by atoms with Crippen LogP contribution in [0.3, 0.4) is 0 Å². The maximum Gasteiger partial charge on any atom is 0.322 e. The molecule has 1 unspecified atom stereocenters. The number of aldehydes is 1. The zero-order valence-corrected chi connectivity index (χ0v) is 29.0. The number of aliphatic imine (C=N–C) groups is 2. The minimum atomic E-state index is -1.21. The van der Waals surface area contributed by atoms with Crippen LogP contribution in [0.1, 0.15) is 24.8 Å². The van der Waals surface area contributed by atoms with Crippen LogP contribution >= 0.6 is 11.6 Å². The topological polar surface area (TPSA) is 119 Å². The molecule has 2 amide bonds. The Balaban J connectivity index is 1.01. The number of aromatic nitrogens is 2. The molecule has 1 spiro atoms. The Hall–Kier alpha value is -3.91. The number of carbonyl (C=O) groups is 2. The van der Waals surface area contributed by atoms with Gasteiger partial charge in [-0.25, -0.2) is 13.3 Å². The van der Waals surface area contributed by atoms with Crippen LogP contribution in [0.2, 0.25) is 0 Å². The molecule has 48 heavy (non-hydrogen) atoms. The number of anilines is 2. The molecule has 3 aliphatic rings. The lowest BCUT2D eigenvalue weighted by Crippen LogP contribution is -2.71. The van der Waals surface area contributed by atoms with Crippen molar-refractivity contribution in [2.24, 2.45) is 22.4 Å². The minimum absolute atomic E-state index is 0.162. The van der Waals surface area contributed by atoms with Crippen molar-refractivity contribution in [3.8, 4) is 0 Å². The smallest absolute Gasteiger partial charge is 0.322 e. The van der Waals surface area contributed by atoms with Crippen molar-refractivity contribution in [2.45, 2.75) is 36.7 Å². The Labute approximate surface area is 288 Å². The summed E-state index contributed by atoms with van der Waals surface area (Å²) in [4.78, 5) is 39.0. The summed E-state index contributed by atoms with van der Waals surface area (Å²) in [7, 11) is 2.24. The van der Waals surface area contributed by atoms with Crippen molar-refractivity contribution in [3.05, 3.63) is 59.3 Å². The molecule has 2 aromatic carbocycles.